The van der Waals surface area contributed by atoms with Crippen molar-refractivity contribution in [3.8, 4) is 0 Å². The van der Waals surface area contributed by atoms with Crippen molar-refractivity contribution in [2.75, 3.05) is 4.90 Å². The monoisotopic (exact) mass is 661 g/mol. The minimum absolute atomic E-state index is 0.151. The molecule has 0 unspecified atom stereocenters. The highest BCUT2D eigenvalue weighted by molar-refractivity contribution is 6.08. The molecular weight excluding hydrogens is 622 g/mol. The number of aromatic nitrogens is 1. The molecule has 0 fully saturated rings. The number of pyridine rings is 1. The van der Waals surface area contributed by atoms with E-state index in [1.54, 1.807) is 102 Å². The van der Waals surface area contributed by atoms with Crippen LogP contribution in [0.1, 0.15) is 58.2 Å². The molecular formula is C34H39N5O9. The van der Waals surface area contributed by atoms with Crippen LogP contribution in [-0.2, 0) is 53.1 Å². The molecule has 3 rings (SSSR count). The Bertz CT molecular complexity index is 1570. The molecule has 0 aliphatic rings. The van der Waals surface area contributed by atoms with E-state index in [0.717, 1.165) is 0 Å². The topological polar surface area (TPSA) is 179 Å². The first-order chi connectivity index (χ1) is 22.7. The van der Waals surface area contributed by atoms with Gasteiger partial charge in [-0.3, -0.25) is 4.79 Å². The molecule has 48 heavy (non-hydrogen) atoms. The molecule has 2 aromatic carbocycles. The van der Waals surface area contributed by atoms with Crippen molar-refractivity contribution in [2.45, 2.75) is 84.7 Å². The van der Waals surface area contributed by atoms with Crippen LogP contribution in [0.5, 0.6) is 0 Å². The van der Waals surface area contributed by atoms with E-state index >= 15 is 0 Å². The number of benzene rings is 2. The van der Waals surface area contributed by atoms with Gasteiger partial charge in [0.25, 0.3) is 0 Å². The molecule has 3 aromatic rings. The number of ether oxygens (including phenoxy) is 5. The first-order valence-corrected chi connectivity index (χ1v) is 14.9. The standard InChI is InChI=1S/C34H39N5O9/c1-33(2,3)47-31(42)39(32(43)48-34(4,5)6)26-19-25(17-18-36-26)22-44-28(30(41)46-21-24-15-11-8-12-16-24)27(37-38-35)29(40)45-20-23-13-9-7-10-14-23/h7-19,27-28H,20-22H2,1-6H3/t27-,28+/m0/s1. The van der Waals surface area contributed by atoms with Crippen LogP contribution in [0.15, 0.2) is 84.1 Å². The maximum Gasteiger partial charge on any atom is 0.425 e. The second-order valence-corrected chi connectivity index (χ2v) is 12.4. The Morgan fingerprint density at radius 3 is 1.73 bits per heavy atom. The third-order valence-corrected chi connectivity index (χ3v) is 6.01. The number of amides is 2. The Morgan fingerprint density at radius 2 is 1.25 bits per heavy atom. The first kappa shape index (κ1) is 37.0. The van der Waals surface area contributed by atoms with Gasteiger partial charge in [-0.2, -0.15) is 4.90 Å². The van der Waals surface area contributed by atoms with Gasteiger partial charge in [-0.15, -0.1) is 0 Å². The van der Waals surface area contributed by atoms with Crippen LogP contribution < -0.4 is 4.90 Å². The second kappa shape index (κ2) is 16.9. The lowest BCUT2D eigenvalue weighted by molar-refractivity contribution is -0.168. The van der Waals surface area contributed by atoms with E-state index in [1.165, 1.54) is 18.3 Å². The van der Waals surface area contributed by atoms with Crippen molar-refractivity contribution in [2.24, 2.45) is 5.11 Å². The van der Waals surface area contributed by atoms with Crippen LogP contribution in [0.3, 0.4) is 0 Å². The predicted octanol–water partition coefficient (Wildman–Crippen LogP) is 6.81. The highest BCUT2D eigenvalue weighted by atomic mass is 16.6. The van der Waals surface area contributed by atoms with Crippen LogP contribution >= 0.6 is 0 Å². The average molecular weight is 662 g/mol. The number of imide groups is 1. The molecule has 1 heterocycles. The molecule has 2 amide bonds. The molecule has 0 spiro atoms. The highest BCUT2D eigenvalue weighted by Gasteiger charge is 2.38. The summed E-state index contributed by atoms with van der Waals surface area (Å²) in [5.41, 5.74) is 9.05. The molecule has 0 aliphatic carbocycles. The van der Waals surface area contributed by atoms with E-state index in [1.807, 2.05) is 0 Å². The average Bonchev–Trinajstić information content (AvgIpc) is 3.01. The summed E-state index contributed by atoms with van der Waals surface area (Å²) in [5.74, 6) is -2.17. The lowest BCUT2D eigenvalue weighted by Crippen LogP contribution is -2.44. The summed E-state index contributed by atoms with van der Waals surface area (Å²) in [6.07, 6.45) is -2.50. The minimum Gasteiger partial charge on any atom is -0.460 e. The Kier molecular flexibility index (Phi) is 13.0. The maximum atomic E-state index is 13.4. The van der Waals surface area contributed by atoms with E-state index in [-0.39, 0.29) is 25.6 Å². The lowest BCUT2D eigenvalue weighted by atomic mass is 10.1. The third kappa shape index (κ3) is 12.0. The van der Waals surface area contributed by atoms with E-state index in [0.29, 0.717) is 21.6 Å². The fourth-order valence-electron chi connectivity index (χ4n) is 3.94. The normalized spacial score (nSPS) is 12.5. The summed E-state index contributed by atoms with van der Waals surface area (Å²) in [6, 6.07) is 18.7. The largest absolute Gasteiger partial charge is 0.460 e. The van der Waals surface area contributed by atoms with Gasteiger partial charge >= 0.3 is 24.1 Å². The molecule has 0 radical (unpaired) electrons. The summed E-state index contributed by atoms with van der Waals surface area (Å²) < 4.78 is 27.5. The van der Waals surface area contributed by atoms with Gasteiger partial charge in [-0.25, -0.2) is 19.4 Å². The smallest absolute Gasteiger partial charge is 0.425 e. The maximum absolute atomic E-state index is 13.4. The van der Waals surface area contributed by atoms with Gasteiger partial charge in [0.15, 0.2) is 12.1 Å². The van der Waals surface area contributed by atoms with E-state index in [2.05, 4.69) is 15.0 Å². The fourth-order valence-corrected chi connectivity index (χ4v) is 3.94. The zero-order valence-electron chi connectivity index (χ0n) is 27.7. The van der Waals surface area contributed by atoms with Gasteiger partial charge < -0.3 is 23.7 Å². The molecule has 0 saturated heterocycles. The number of hydrogen-bond donors (Lipinski definition) is 0. The molecule has 14 heteroatoms. The van der Waals surface area contributed by atoms with Crippen molar-refractivity contribution >= 4 is 29.9 Å². The quantitative estimate of drug-likeness (QED) is 0.0658. The van der Waals surface area contributed by atoms with Crippen molar-refractivity contribution in [1.82, 2.24) is 4.98 Å². The number of hydrogen-bond acceptors (Lipinski definition) is 11. The Labute approximate surface area is 278 Å². The summed E-state index contributed by atoms with van der Waals surface area (Å²) in [6.45, 7) is 9.14. The molecule has 14 nitrogen and oxygen atoms in total. The molecule has 254 valence electrons. The van der Waals surface area contributed by atoms with Crippen molar-refractivity contribution in [3.05, 3.63) is 106 Å². The Morgan fingerprint density at radius 1 is 0.750 bits per heavy atom. The zero-order chi connectivity index (χ0) is 35.3. The predicted molar refractivity (Wildman–Crippen MR) is 173 cm³/mol. The Hall–Kier alpha value is -5.46. The van der Waals surface area contributed by atoms with Gasteiger partial charge in [0.05, 0.1) is 6.61 Å². The van der Waals surface area contributed by atoms with Crippen LogP contribution in [0.4, 0.5) is 15.4 Å². The molecule has 1 aromatic heterocycles. The SMILES string of the molecule is CC(C)(C)OC(=O)N(C(=O)OC(C)(C)C)c1cc(CO[C@@H](C(=O)OCc2ccccc2)[C@H](N=[N+]=[N-])C(=O)OCc2ccccc2)ccn1. The van der Waals surface area contributed by atoms with Crippen LogP contribution in [0, 0.1) is 0 Å². The number of azide groups is 1. The molecule has 0 N–H and O–H groups in total. The number of carbonyl (C=O) groups is 4. The molecule has 0 aliphatic heterocycles. The first-order valence-electron chi connectivity index (χ1n) is 14.9. The van der Waals surface area contributed by atoms with Crippen LogP contribution in [0.2, 0.25) is 0 Å². The van der Waals surface area contributed by atoms with E-state index in [9.17, 15) is 24.7 Å². The molecule has 0 saturated carbocycles. The minimum atomic E-state index is -1.76. The Balaban J connectivity index is 1.89. The van der Waals surface area contributed by atoms with E-state index in [4.69, 9.17) is 23.7 Å². The summed E-state index contributed by atoms with van der Waals surface area (Å²) >= 11 is 0. The van der Waals surface area contributed by atoms with Gasteiger partial charge in [0.1, 0.15) is 30.2 Å². The van der Waals surface area contributed by atoms with E-state index < -0.39 is 47.5 Å². The fraction of sp³-hybridized carbons (Fsp3) is 0.382. The van der Waals surface area contributed by atoms with Gasteiger partial charge in [0.2, 0.25) is 0 Å². The lowest BCUT2D eigenvalue weighted by Gasteiger charge is -2.28. The van der Waals surface area contributed by atoms with Crippen molar-refractivity contribution in [3.63, 3.8) is 0 Å². The van der Waals surface area contributed by atoms with Gasteiger partial charge in [0, 0.05) is 11.1 Å². The van der Waals surface area contributed by atoms with Crippen LogP contribution in [-0.4, -0.2) is 52.5 Å². The third-order valence-electron chi connectivity index (χ3n) is 6.01. The van der Waals surface area contributed by atoms with Gasteiger partial charge in [-0.05, 0) is 75.9 Å². The number of anilines is 1. The summed E-state index contributed by atoms with van der Waals surface area (Å²) in [7, 11) is 0. The number of rotatable bonds is 12. The molecule has 0 bridgehead atoms. The number of carbonyl (C=O) groups excluding carboxylic acids is 4. The summed E-state index contributed by atoms with van der Waals surface area (Å²) in [4.78, 5) is 60.3. The molecule has 2 atom stereocenters. The number of nitrogens with zero attached hydrogens (tertiary/aromatic N) is 5. The zero-order valence-corrected chi connectivity index (χ0v) is 27.7. The number of esters is 2. The highest BCUT2D eigenvalue weighted by Crippen LogP contribution is 2.22. The second-order valence-electron chi connectivity index (χ2n) is 12.4. The van der Waals surface area contributed by atoms with Crippen molar-refractivity contribution in [1.29, 1.82) is 0 Å². The van der Waals surface area contributed by atoms with Crippen molar-refractivity contribution < 1.29 is 42.9 Å². The summed E-state index contributed by atoms with van der Waals surface area (Å²) in [5, 5.41) is 3.52. The van der Waals surface area contributed by atoms with Gasteiger partial charge in [-0.1, -0.05) is 65.8 Å². The van der Waals surface area contributed by atoms with Crippen LogP contribution in [0.25, 0.3) is 10.4 Å².